The molecule has 0 atom stereocenters. The molecule has 0 aliphatic heterocycles. The van der Waals surface area contributed by atoms with Crippen molar-refractivity contribution in [3.63, 3.8) is 0 Å². The molecule has 2 aromatic rings. The standard InChI is InChI=1S/C15H16N2O3S/c18-14(10-13-5-3-9-21-13)17(8-6-15(19)20)11-12-4-1-2-7-16-12/h1-5,7,9H,6,8,10-11H2,(H,19,20). The number of hydrogen-bond acceptors (Lipinski definition) is 4. The smallest absolute Gasteiger partial charge is 0.305 e. The molecule has 6 heteroatoms. The second-order valence-electron chi connectivity index (χ2n) is 4.54. The van der Waals surface area contributed by atoms with E-state index in [1.54, 1.807) is 17.2 Å². The molecule has 2 rings (SSSR count). The number of amides is 1. The summed E-state index contributed by atoms with van der Waals surface area (Å²) in [4.78, 5) is 29.8. The highest BCUT2D eigenvalue weighted by molar-refractivity contribution is 7.10. The molecule has 2 aromatic heterocycles. The Labute approximate surface area is 126 Å². The fourth-order valence-corrected chi connectivity index (χ4v) is 2.58. The van der Waals surface area contributed by atoms with Gasteiger partial charge in [-0.1, -0.05) is 12.1 Å². The molecule has 0 radical (unpaired) electrons. The van der Waals surface area contributed by atoms with E-state index in [9.17, 15) is 9.59 Å². The molecule has 0 saturated carbocycles. The molecule has 110 valence electrons. The lowest BCUT2D eigenvalue weighted by molar-refractivity contribution is -0.138. The van der Waals surface area contributed by atoms with E-state index in [1.807, 2.05) is 29.6 Å². The number of nitrogens with zero attached hydrogens (tertiary/aromatic N) is 2. The van der Waals surface area contributed by atoms with Gasteiger partial charge in [-0.15, -0.1) is 11.3 Å². The van der Waals surface area contributed by atoms with Crippen molar-refractivity contribution in [3.05, 3.63) is 52.5 Å². The van der Waals surface area contributed by atoms with Crippen molar-refractivity contribution >= 4 is 23.2 Å². The highest BCUT2D eigenvalue weighted by Crippen LogP contribution is 2.12. The quantitative estimate of drug-likeness (QED) is 0.851. The zero-order valence-electron chi connectivity index (χ0n) is 11.4. The van der Waals surface area contributed by atoms with Crippen molar-refractivity contribution in [1.82, 2.24) is 9.88 Å². The first-order chi connectivity index (χ1) is 10.1. The number of pyridine rings is 1. The Bertz CT molecular complexity index is 584. The minimum Gasteiger partial charge on any atom is -0.481 e. The van der Waals surface area contributed by atoms with E-state index in [4.69, 9.17) is 5.11 Å². The number of carbonyl (C=O) groups is 2. The summed E-state index contributed by atoms with van der Waals surface area (Å²) < 4.78 is 0. The van der Waals surface area contributed by atoms with E-state index in [1.165, 1.54) is 11.3 Å². The number of aromatic nitrogens is 1. The molecule has 0 fully saturated rings. The maximum atomic E-state index is 12.3. The molecule has 21 heavy (non-hydrogen) atoms. The Hall–Kier alpha value is -2.21. The lowest BCUT2D eigenvalue weighted by Gasteiger charge is -2.21. The van der Waals surface area contributed by atoms with Crippen LogP contribution >= 0.6 is 11.3 Å². The Kier molecular flexibility index (Phi) is 5.45. The number of rotatable bonds is 7. The minimum absolute atomic E-state index is 0.0665. The molecule has 0 saturated heterocycles. The van der Waals surface area contributed by atoms with Crippen LogP contribution in [0.5, 0.6) is 0 Å². The molecule has 0 unspecified atom stereocenters. The van der Waals surface area contributed by atoms with Crippen LogP contribution in [0.1, 0.15) is 17.0 Å². The van der Waals surface area contributed by atoms with E-state index < -0.39 is 5.97 Å². The molecule has 0 aromatic carbocycles. The summed E-state index contributed by atoms with van der Waals surface area (Å²) in [5.74, 6) is -0.991. The molecule has 0 bridgehead atoms. The van der Waals surface area contributed by atoms with Gasteiger partial charge >= 0.3 is 5.97 Å². The number of carbonyl (C=O) groups excluding carboxylic acids is 1. The molecule has 5 nitrogen and oxygen atoms in total. The third kappa shape index (κ3) is 5.00. The highest BCUT2D eigenvalue weighted by Gasteiger charge is 2.16. The molecular formula is C15H16N2O3S. The van der Waals surface area contributed by atoms with Gasteiger partial charge in [-0.3, -0.25) is 14.6 Å². The zero-order chi connectivity index (χ0) is 15.1. The fourth-order valence-electron chi connectivity index (χ4n) is 1.88. The molecule has 1 N–H and O–H groups in total. The Balaban J connectivity index is 2.03. The van der Waals surface area contributed by atoms with Gasteiger partial charge in [0.05, 0.1) is 25.1 Å². The summed E-state index contributed by atoms with van der Waals surface area (Å²) in [6.45, 7) is 0.522. The summed E-state index contributed by atoms with van der Waals surface area (Å²) in [6, 6.07) is 9.28. The molecular weight excluding hydrogens is 288 g/mol. The third-order valence-electron chi connectivity index (χ3n) is 2.93. The summed E-state index contributed by atoms with van der Waals surface area (Å²) >= 11 is 1.52. The Morgan fingerprint density at radius 1 is 1.24 bits per heavy atom. The van der Waals surface area contributed by atoms with Gasteiger partial charge in [0, 0.05) is 17.6 Å². The van der Waals surface area contributed by atoms with E-state index in [2.05, 4.69) is 4.98 Å². The Morgan fingerprint density at radius 2 is 2.10 bits per heavy atom. The van der Waals surface area contributed by atoms with Crippen LogP contribution in [0, 0.1) is 0 Å². The SMILES string of the molecule is O=C(O)CCN(Cc1ccccn1)C(=O)Cc1cccs1. The van der Waals surface area contributed by atoms with Gasteiger partial charge in [-0.2, -0.15) is 0 Å². The fraction of sp³-hybridized carbons (Fsp3) is 0.267. The topological polar surface area (TPSA) is 70.5 Å². The molecule has 0 spiro atoms. The first-order valence-corrected chi connectivity index (χ1v) is 7.45. The van der Waals surface area contributed by atoms with E-state index in [0.29, 0.717) is 13.0 Å². The van der Waals surface area contributed by atoms with Gasteiger partial charge in [0.1, 0.15) is 0 Å². The minimum atomic E-state index is -0.912. The number of carboxylic acids is 1. The van der Waals surface area contributed by atoms with Crippen molar-refractivity contribution in [2.45, 2.75) is 19.4 Å². The maximum Gasteiger partial charge on any atom is 0.305 e. The van der Waals surface area contributed by atoms with Gasteiger partial charge in [0.15, 0.2) is 0 Å². The van der Waals surface area contributed by atoms with Crippen molar-refractivity contribution in [1.29, 1.82) is 0 Å². The average molecular weight is 304 g/mol. The third-order valence-corrected chi connectivity index (χ3v) is 3.81. The van der Waals surface area contributed by atoms with Gasteiger partial charge in [-0.25, -0.2) is 0 Å². The van der Waals surface area contributed by atoms with Crippen LogP contribution < -0.4 is 0 Å². The van der Waals surface area contributed by atoms with Gasteiger partial charge in [0.2, 0.25) is 5.91 Å². The van der Waals surface area contributed by atoms with Crippen molar-refractivity contribution in [3.8, 4) is 0 Å². The largest absolute Gasteiger partial charge is 0.481 e. The lowest BCUT2D eigenvalue weighted by atomic mass is 10.2. The predicted octanol–water partition coefficient (Wildman–Crippen LogP) is 2.19. The second kappa shape index (κ2) is 7.54. The van der Waals surface area contributed by atoms with E-state index in [0.717, 1.165) is 10.6 Å². The Morgan fingerprint density at radius 3 is 2.71 bits per heavy atom. The normalized spacial score (nSPS) is 10.3. The molecule has 0 aliphatic rings. The van der Waals surface area contributed by atoms with Crippen LogP contribution in [-0.2, 0) is 22.6 Å². The van der Waals surface area contributed by atoms with Crippen LogP contribution in [0.25, 0.3) is 0 Å². The van der Waals surface area contributed by atoms with Gasteiger partial charge < -0.3 is 10.0 Å². The van der Waals surface area contributed by atoms with Crippen molar-refractivity contribution in [2.24, 2.45) is 0 Å². The van der Waals surface area contributed by atoms with Crippen LogP contribution in [-0.4, -0.2) is 33.4 Å². The zero-order valence-corrected chi connectivity index (χ0v) is 12.3. The summed E-state index contributed by atoms with van der Waals surface area (Å²) in [7, 11) is 0. The lowest BCUT2D eigenvalue weighted by Crippen LogP contribution is -2.33. The second-order valence-corrected chi connectivity index (χ2v) is 5.57. The van der Waals surface area contributed by atoms with Crippen LogP contribution in [0.4, 0.5) is 0 Å². The summed E-state index contributed by atoms with van der Waals surface area (Å²) in [6.07, 6.45) is 1.89. The van der Waals surface area contributed by atoms with Crippen LogP contribution in [0.2, 0.25) is 0 Å². The van der Waals surface area contributed by atoms with Gasteiger partial charge in [0.25, 0.3) is 0 Å². The van der Waals surface area contributed by atoms with E-state index >= 15 is 0 Å². The molecule has 0 aliphatic carbocycles. The van der Waals surface area contributed by atoms with Gasteiger partial charge in [-0.05, 0) is 23.6 Å². The van der Waals surface area contributed by atoms with Crippen molar-refractivity contribution in [2.75, 3.05) is 6.54 Å². The monoisotopic (exact) mass is 304 g/mol. The number of aliphatic carboxylic acids is 1. The van der Waals surface area contributed by atoms with Crippen LogP contribution in [0.3, 0.4) is 0 Å². The highest BCUT2D eigenvalue weighted by atomic mass is 32.1. The first kappa shape index (κ1) is 15.2. The first-order valence-electron chi connectivity index (χ1n) is 6.57. The summed E-state index contributed by atoms with van der Waals surface area (Å²) in [5.41, 5.74) is 0.752. The van der Waals surface area contributed by atoms with Crippen molar-refractivity contribution < 1.29 is 14.7 Å². The average Bonchev–Trinajstić information content (AvgIpc) is 2.97. The van der Waals surface area contributed by atoms with Crippen LogP contribution in [0.15, 0.2) is 41.9 Å². The number of carboxylic acid groups (broad SMARTS) is 1. The van der Waals surface area contributed by atoms with E-state index in [-0.39, 0.29) is 18.9 Å². The molecule has 2 heterocycles. The predicted molar refractivity (Wildman–Crippen MR) is 79.9 cm³/mol. The maximum absolute atomic E-state index is 12.3. The number of thiophene rings is 1. The molecule has 1 amide bonds. The summed E-state index contributed by atoms with van der Waals surface area (Å²) in [5, 5.41) is 10.7. The number of hydrogen-bond donors (Lipinski definition) is 1.